The van der Waals surface area contributed by atoms with E-state index in [1.54, 1.807) is 41.5 Å². The monoisotopic (exact) mass is 781 g/mol. The van der Waals surface area contributed by atoms with E-state index in [-0.39, 0.29) is 37.1 Å². The van der Waals surface area contributed by atoms with Crippen LogP contribution in [0, 0.1) is 23.7 Å². The van der Waals surface area contributed by atoms with Crippen LogP contribution in [0.3, 0.4) is 0 Å². The molecule has 1 aromatic rings. The topological polar surface area (TPSA) is 218 Å². The van der Waals surface area contributed by atoms with Gasteiger partial charge in [-0.15, -0.1) is 0 Å². The molecule has 1 aliphatic heterocycles. The van der Waals surface area contributed by atoms with Crippen molar-refractivity contribution in [3.8, 4) is 0 Å². The van der Waals surface area contributed by atoms with E-state index in [1.807, 2.05) is 44.2 Å². The molecular formula is C38H63N5O10S. The quantitative estimate of drug-likeness (QED) is 0.113. The molecule has 0 radical (unpaired) electrons. The zero-order valence-electron chi connectivity index (χ0n) is 33.3. The highest BCUT2D eigenvalue weighted by Crippen LogP contribution is 2.20. The largest absolute Gasteiger partial charge is 0.444 e. The number of amides is 5. The van der Waals surface area contributed by atoms with Crippen LogP contribution in [0.15, 0.2) is 30.3 Å². The van der Waals surface area contributed by atoms with Crippen molar-refractivity contribution in [3.63, 3.8) is 0 Å². The Balaban J connectivity index is 2.19. The lowest BCUT2D eigenvalue weighted by Crippen LogP contribution is -2.58. The number of carbonyl (C=O) groups excluding carboxylic acids is 5. The molecule has 1 aliphatic rings. The van der Waals surface area contributed by atoms with Crippen LogP contribution in [-0.2, 0) is 45.0 Å². The van der Waals surface area contributed by atoms with Crippen LogP contribution in [-0.4, -0.2) is 104 Å². The minimum absolute atomic E-state index is 0.0125. The summed E-state index contributed by atoms with van der Waals surface area (Å²) >= 11 is 0. The average molecular weight is 782 g/mol. The van der Waals surface area contributed by atoms with Gasteiger partial charge in [-0.2, -0.15) is 0 Å². The first-order chi connectivity index (χ1) is 25.1. The van der Waals surface area contributed by atoms with Crippen molar-refractivity contribution in [1.29, 1.82) is 0 Å². The van der Waals surface area contributed by atoms with Gasteiger partial charge in [0.25, 0.3) is 0 Å². The van der Waals surface area contributed by atoms with Crippen molar-refractivity contribution >= 4 is 39.6 Å². The maximum Gasteiger partial charge on any atom is 0.408 e. The van der Waals surface area contributed by atoms with E-state index in [1.165, 1.54) is 0 Å². The van der Waals surface area contributed by atoms with Crippen molar-refractivity contribution in [1.82, 2.24) is 26.6 Å². The van der Waals surface area contributed by atoms with Crippen molar-refractivity contribution in [3.05, 3.63) is 35.9 Å². The fourth-order valence-corrected chi connectivity index (χ4v) is 6.64. The third-order valence-corrected chi connectivity index (χ3v) is 9.90. The molecule has 5 amide bonds. The molecule has 306 valence electrons. The van der Waals surface area contributed by atoms with Crippen LogP contribution in [0.5, 0.6) is 0 Å². The van der Waals surface area contributed by atoms with Crippen molar-refractivity contribution in [2.45, 2.75) is 123 Å². The second-order valence-electron chi connectivity index (χ2n) is 16.1. The highest BCUT2D eigenvalue weighted by atomic mass is 32.2. The number of alkyl carbamates (subject to hydrolysis) is 1. The van der Waals surface area contributed by atoms with E-state index in [2.05, 4.69) is 26.6 Å². The molecule has 54 heavy (non-hydrogen) atoms. The number of hydrogen-bond donors (Lipinski definition) is 6. The van der Waals surface area contributed by atoms with Gasteiger partial charge in [0.15, 0.2) is 0 Å². The van der Waals surface area contributed by atoms with Gasteiger partial charge in [-0.1, -0.05) is 65.0 Å². The Morgan fingerprint density at radius 3 is 2.07 bits per heavy atom. The first-order valence-electron chi connectivity index (χ1n) is 18.7. The molecule has 1 saturated heterocycles. The Bertz CT molecular complexity index is 1490. The molecule has 2 rings (SSSR count). The van der Waals surface area contributed by atoms with Crippen molar-refractivity contribution in [2.75, 3.05) is 25.2 Å². The van der Waals surface area contributed by atoms with E-state index in [0.717, 1.165) is 11.8 Å². The Kier molecular flexibility index (Phi) is 18.4. The second kappa shape index (κ2) is 21.4. The molecule has 15 nitrogen and oxygen atoms in total. The lowest BCUT2D eigenvalue weighted by atomic mass is 9.91. The fourth-order valence-electron chi connectivity index (χ4n) is 5.97. The fraction of sp³-hybridized carbons (Fsp3) is 0.711. The lowest BCUT2D eigenvalue weighted by Gasteiger charge is -2.31. The molecule has 1 unspecified atom stereocenters. The van der Waals surface area contributed by atoms with Crippen LogP contribution in [0.25, 0.3) is 0 Å². The standard InChI is InChI=1S/C38H63N5O10S/c1-23(2)19-29(41-34(46)28(16-18-54(9,50)51)40-36(48)31(24(3)4)43-37(49)53-38(6,7)8)30(44)20-25(5)33(45)42-32(27-15-17-52-22-27)35(47)39-21-26-13-11-10-12-14-26/h10-14,23-25,27-32,44H,15-22H2,1-9H3,(H,39,47)(H,40,48)(H,41,46)(H,42,45)(H,43,49)/t25-,27?,28+,29+,30+,31+,32+/m1/s1. The number of aliphatic hydroxyl groups excluding tert-OH is 1. The predicted molar refractivity (Wildman–Crippen MR) is 205 cm³/mol. The maximum absolute atomic E-state index is 13.8. The van der Waals surface area contributed by atoms with Gasteiger partial charge in [0, 0.05) is 31.2 Å². The summed E-state index contributed by atoms with van der Waals surface area (Å²) in [5, 5.41) is 25.1. The summed E-state index contributed by atoms with van der Waals surface area (Å²) in [6.45, 7) is 14.9. The smallest absolute Gasteiger partial charge is 0.408 e. The summed E-state index contributed by atoms with van der Waals surface area (Å²) in [5.41, 5.74) is 0.0810. The SMILES string of the molecule is CC(C)C[C@H](NC(=O)[C@H](CCS(C)(=O)=O)NC(=O)[C@@H](NC(=O)OC(C)(C)C)C(C)C)[C@@H](O)C[C@@H](C)C(=O)N[C@H](C(=O)NCc1ccccc1)C1CCOC1. The van der Waals surface area contributed by atoms with Gasteiger partial charge in [0.1, 0.15) is 33.6 Å². The van der Waals surface area contributed by atoms with E-state index in [4.69, 9.17) is 9.47 Å². The van der Waals surface area contributed by atoms with E-state index in [9.17, 15) is 37.5 Å². The average Bonchev–Trinajstić information content (AvgIpc) is 3.60. The maximum atomic E-state index is 13.8. The van der Waals surface area contributed by atoms with Crippen molar-refractivity contribution in [2.24, 2.45) is 23.7 Å². The minimum Gasteiger partial charge on any atom is -0.444 e. The van der Waals surface area contributed by atoms with Gasteiger partial charge in [0.2, 0.25) is 23.6 Å². The summed E-state index contributed by atoms with van der Waals surface area (Å²) in [6.07, 6.45) is -0.487. The van der Waals surface area contributed by atoms with E-state index in [0.29, 0.717) is 26.1 Å². The summed E-state index contributed by atoms with van der Waals surface area (Å²) in [6, 6.07) is 5.22. The third-order valence-electron chi connectivity index (χ3n) is 8.92. The molecule has 1 fully saturated rings. The molecule has 0 aliphatic carbocycles. The number of benzene rings is 1. The number of hydrogen-bond acceptors (Lipinski definition) is 10. The molecular weight excluding hydrogens is 719 g/mol. The normalized spacial score (nSPS) is 18.1. The third kappa shape index (κ3) is 17.1. The van der Waals surface area contributed by atoms with Gasteiger partial charge in [-0.05, 0) is 63.9 Å². The lowest BCUT2D eigenvalue weighted by molar-refractivity contribution is -0.133. The Labute approximate surface area is 320 Å². The first-order valence-corrected chi connectivity index (χ1v) is 20.8. The number of ether oxygens (including phenoxy) is 2. The highest BCUT2D eigenvalue weighted by molar-refractivity contribution is 7.90. The number of carbonyl (C=O) groups is 5. The van der Waals surface area contributed by atoms with Gasteiger partial charge < -0.3 is 41.2 Å². The molecule has 1 aromatic carbocycles. The molecule has 0 bridgehead atoms. The van der Waals surface area contributed by atoms with Gasteiger partial charge in [-0.3, -0.25) is 19.2 Å². The second-order valence-corrected chi connectivity index (χ2v) is 18.4. The Morgan fingerprint density at radius 1 is 0.889 bits per heavy atom. The Hall–Kier alpha value is -3.76. The van der Waals surface area contributed by atoms with E-state index >= 15 is 0 Å². The molecule has 0 saturated carbocycles. The van der Waals surface area contributed by atoms with Crippen LogP contribution < -0.4 is 26.6 Å². The van der Waals surface area contributed by atoms with Gasteiger partial charge >= 0.3 is 6.09 Å². The zero-order valence-corrected chi connectivity index (χ0v) is 34.1. The molecule has 0 spiro atoms. The molecule has 7 atom stereocenters. The molecule has 0 aromatic heterocycles. The molecule has 6 N–H and O–H groups in total. The summed E-state index contributed by atoms with van der Waals surface area (Å²) in [4.78, 5) is 66.5. The molecule has 1 heterocycles. The van der Waals surface area contributed by atoms with Crippen LogP contribution in [0.4, 0.5) is 4.79 Å². The predicted octanol–water partition coefficient (Wildman–Crippen LogP) is 2.21. The number of nitrogens with one attached hydrogen (secondary N) is 5. The Morgan fingerprint density at radius 2 is 1.54 bits per heavy atom. The number of rotatable bonds is 20. The number of sulfone groups is 1. The molecule has 16 heteroatoms. The van der Waals surface area contributed by atoms with E-state index < -0.39 is 87.1 Å². The zero-order chi connectivity index (χ0) is 40.8. The highest BCUT2D eigenvalue weighted by Gasteiger charge is 2.36. The van der Waals surface area contributed by atoms with Crippen LogP contribution in [0.1, 0.15) is 86.6 Å². The van der Waals surface area contributed by atoms with Gasteiger partial charge in [-0.25, -0.2) is 13.2 Å². The summed E-state index contributed by atoms with van der Waals surface area (Å²) < 4.78 is 35.0. The summed E-state index contributed by atoms with van der Waals surface area (Å²) in [5.74, 6) is -4.10. The minimum atomic E-state index is -3.55. The number of aliphatic hydroxyl groups is 1. The van der Waals surface area contributed by atoms with Crippen molar-refractivity contribution < 1.29 is 47.0 Å². The first kappa shape index (κ1) is 46.4. The van der Waals surface area contributed by atoms with Crippen LogP contribution in [0.2, 0.25) is 0 Å². The van der Waals surface area contributed by atoms with Gasteiger partial charge in [0.05, 0.1) is 24.5 Å². The summed E-state index contributed by atoms with van der Waals surface area (Å²) in [7, 11) is -3.55. The van der Waals surface area contributed by atoms with Crippen LogP contribution >= 0.6 is 0 Å².